The molecule has 1 atom stereocenters. The van der Waals surface area contributed by atoms with E-state index in [0.29, 0.717) is 5.75 Å². The number of hydrogen-bond donors (Lipinski definition) is 1. The van der Waals surface area contributed by atoms with Crippen LogP contribution in [-0.2, 0) is 11.9 Å². The maximum atomic E-state index is 13.1. The molecule has 1 aliphatic heterocycles. The Hall–Kier alpha value is -2.60. The molecule has 0 amide bonds. The van der Waals surface area contributed by atoms with Gasteiger partial charge in [0.1, 0.15) is 5.82 Å². The molecule has 0 radical (unpaired) electrons. The molecule has 0 N–H and O–H groups in total. The number of thiol groups is 1. The van der Waals surface area contributed by atoms with Crippen molar-refractivity contribution in [2.24, 2.45) is 4.99 Å². The lowest BCUT2D eigenvalue weighted by molar-refractivity contribution is -0.137. The molecule has 138 valence electrons. The molecule has 4 rings (SSSR count). The van der Waals surface area contributed by atoms with Gasteiger partial charge in [0, 0.05) is 16.2 Å². The van der Waals surface area contributed by atoms with Crippen molar-refractivity contribution in [3.8, 4) is 11.1 Å². The van der Waals surface area contributed by atoms with Crippen molar-refractivity contribution in [3.63, 3.8) is 0 Å². The van der Waals surface area contributed by atoms with Gasteiger partial charge in [0.2, 0.25) is 0 Å². The highest BCUT2D eigenvalue weighted by Gasteiger charge is 2.30. The Labute approximate surface area is 156 Å². The molecule has 0 fully saturated rings. The van der Waals surface area contributed by atoms with Crippen LogP contribution in [0.25, 0.3) is 11.1 Å². The van der Waals surface area contributed by atoms with Gasteiger partial charge in [-0.25, -0.2) is 4.39 Å². The van der Waals surface area contributed by atoms with Crippen molar-refractivity contribution in [1.82, 2.24) is 0 Å². The molecule has 6 heteroatoms. The summed E-state index contributed by atoms with van der Waals surface area (Å²) < 4.78 is 51.3. The number of hydrogen-bond acceptors (Lipinski definition) is 1. The quantitative estimate of drug-likeness (QED) is 0.376. The van der Waals surface area contributed by atoms with E-state index in [1.54, 1.807) is 12.1 Å². The molecule has 0 bridgehead atoms. The Bertz CT molecular complexity index is 992. The maximum absolute atomic E-state index is 13.1. The van der Waals surface area contributed by atoms with Gasteiger partial charge in [0.15, 0.2) is 0 Å². The summed E-state index contributed by atoms with van der Waals surface area (Å²) in [6, 6.07) is 17.5. The van der Waals surface area contributed by atoms with E-state index < -0.39 is 22.6 Å². The Kier molecular flexibility index (Phi) is 4.52. The standard InChI is InChI=1S/C21H15F4NS/c22-18-8-3-15(4-9-18)16-5-10-19-20(11-16)27(13-26-19)12-14-1-6-17(7-2-14)21(23,24)25/h1-11,13,27H,12H2. The summed E-state index contributed by atoms with van der Waals surface area (Å²) in [6.07, 6.45) is -4.32. The van der Waals surface area contributed by atoms with Crippen molar-refractivity contribution >= 4 is 22.1 Å². The molecular formula is C21H15F4NS. The molecule has 1 aliphatic rings. The SMILES string of the molecule is Fc1ccc(-c2ccc3c(c2)[SH](Cc2ccc(C(F)(F)F)cc2)C=N3)cc1. The predicted octanol–water partition coefficient (Wildman–Crippen LogP) is 6.75. The molecule has 0 aromatic heterocycles. The van der Waals surface area contributed by atoms with E-state index in [1.807, 2.05) is 23.7 Å². The third-order valence-electron chi connectivity index (χ3n) is 4.43. The van der Waals surface area contributed by atoms with E-state index in [4.69, 9.17) is 0 Å². The number of nitrogens with zero attached hydrogens (tertiary/aromatic N) is 1. The van der Waals surface area contributed by atoms with Crippen LogP contribution >= 0.6 is 10.9 Å². The van der Waals surface area contributed by atoms with Gasteiger partial charge in [-0.1, -0.05) is 30.3 Å². The fraction of sp³-hybridized carbons (Fsp3) is 0.0952. The molecule has 1 unspecified atom stereocenters. The lowest BCUT2D eigenvalue weighted by atomic mass is 10.1. The first-order valence-electron chi connectivity index (χ1n) is 8.27. The first kappa shape index (κ1) is 17.8. The van der Waals surface area contributed by atoms with Crippen LogP contribution in [0, 0.1) is 5.82 Å². The molecule has 0 spiro atoms. The number of alkyl halides is 3. The van der Waals surface area contributed by atoms with Crippen molar-refractivity contribution in [2.75, 3.05) is 0 Å². The molecule has 1 heterocycles. The zero-order chi connectivity index (χ0) is 19.0. The number of benzene rings is 3. The Balaban J connectivity index is 1.58. The predicted molar refractivity (Wildman–Crippen MR) is 102 cm³/mol. The van der Waals surface area contributed by atoms with Crippen LogP contribution in [0.15, 0.2) is 76.6 Å². The molecule has 0 saturated heterocycles. The summed E-state index contributed by atoms with van der Waals surface area (Å²) in [5, 5.41) is 0. The minimum atomic E-state index is -4.32. The van der Waals surface area contributed by atoms with E-state index in [2.05, 4.69) is 4.99 Å². The number of rotatable bonds is 3. The van der Waals surface area contributed by atoms with Gasteiger partial charge in [-0.2, -0.15) is 24.1 Å². The summed E-state index contributed by atoms with van der Waals surface area (Å²) in [5.41, 5.74) is 4.87. The highest BCUT2D eigenvalue weighted by atomic mass is 32.2. The van der Waals surface area contributed by atoms with Gasteiger partial charge in [-0.3, -0.25) is 4.99 Å². The van der Waals surface area contributed by atoms with Crippen LogP contribution in [0.3, 0.4) is 0 Å². The van der Waals surface area contributed by atoms with E-state index in [-0.39, 0.29) is 5.82 Å². The highest BCUT2D eigenvalue weighted by molar-refractivity contribution is 8.28. The van der Waals surface area contributed by atoms with Gasteiger partial charge in [-0.15, -0.1) is 0 Å². The molecule has 27 heavy (non-hydrogen) atoms. The normalized spacial score (nSPS) is 17.1. The lowest BCUT2D eigenvalue weighted by Crippen LogP contribution is -2.04. The second-order valence-corrected chi connectivity index (χ2v) is 8.25. The summed E-state index contributed by atoms with van der Waals surface area (Å²) in [7, 11) is -0.735. The maximum Gasteiger partial charge on any atom is 0.416 e. The van der Waals surface area contributed by atoms with Gasteiger partial charge in [-0.05, 0) is 53.1 Å². The van der Waals surface area contributed by atoms with Crippen molar-refractivity contribution in [3.05, 3.63) is 83.7 Å². The van der Waals surface area contributed by atoms with Crippen molar-refractivity contribution in [2.45, 2.75) is 16.8 Å². The Morgan fingerprint density at radius 2 is 1.48 bits per heavy atom. The second-order valence-electron chi connectivity index (χ2n) is 6.28. The number of halogens is 4. The minimum Gasteiger partial charge on any atom is -0.250 e. The monoisotopic (exact) mass is 389 g/mol. The van der Waals surface area contributed by atoms with Crippen LogP contribution in [0.1, 0.15) is 11.1 Å². The van der Waals surface area contributed by atoms with Crippen LogP contribution in [-0.4, -0.2) is 5.55 Å². The van der Waals surface area contributed by atoms with Crippen molar-refractivity contribution < 1.29 is 17.6 Å². The summed E-state index contributed by atoms with van der Waals surface area (Å²) in [5.74, 6) is 0.351. The summed E-state index contributed by atoms with van der Waals surface area (Å²) in [4.78, 5) is 5.54. The average molecular weight is 389 g/mol. The third-order valence-corrected chi connectivity index (χ3v) is 6.51. The summed E-state index contributed by atoms with van der Waals surface area (Å²) >= 11 is 0. The Morgan fingerprint density at radius 3 is 2.15 bits per heavy atom. The molecule has 3 aromatic carbocycles. The number of fused-ring (bicyclic) bond motifs is 1. The largest absolute Gasteiger partial charge is 0.416 e. The third kappa shape index (κ3) is 3.76. The topological polar surface area (TPSA) is 12.4 Å². The van der Waals surface area contributed by atoms with Gasteiger partial charge in [0.05, 0.1) is 11.3 Å². The fourth-order valence-electron chi connectivity index (χ4n) is 3.00. The van der Waals surface area contributed by atoms with E-state index in [0.717, 1.165) is 39.4 Å². The minimum absolute atomic E-state index is 0.284. The van der Waals surface area contributed by atoms with Crippen LogP contribution in [0.2, 0.25) is 0 Å². The smallest absolute Gasteiger partial charge is 0.250 e. The first-order chi connectivity index (χ1) is 12.9. The molecular weight excluding hydrogens is 374 g/mol. The molecule has 1 nitrogen and oxygen atoms in total. The first-order valence-corrected chi connectivity index (χ1v) is 9.87. The molecule has 3 aromatic rings. The average Bonchev–Trinajstić information content (AvgIpc) is 3.04. The molecule has 0 saturated carbocycles. The van der Waals surface area contributed by atoms with E-state index in [1.165, 1.54) is 24.3 Å². The van der Waals surface area contributed by atoms with Crippen molar-refractivity contribution in [1.29, 1.82) is 0 Å². The van der Waals surface area contributed by atoms with Gasteiger partial charge >= 0.3 is 6.18 Å². The number of aliphatic imine (C=N–C) groups is 1. The highest BCUT2D eigenvalue weighted by Crippen LogP contribution is 2.49. The summed E-state index contributed by atoms with van der Waals surface area (Å²) in [6.45, 7) is 0. The lowest BCUT2D eigenvalue weighted by Gasteiger charge is -2.16. The zero-order valence-corrected chi connectivity index (χ0v) is 14.9. The second kappa shape index (κ2) is 6.85. The molecule has 0 aliphatic carbocycles. The van der Waals surface area contributed by atoms with Crippen LogP contribution in [0.5, 0.6) is 0 Å². The van der Waals surface area contributed by atoms with Gasteiger partial charge < -0.3 is 0 Å². The van der Waals surface area contributed by atoms with E-state index in [9.17, 15) is 17.6 Å². The fourth-order valence-corrected chi connectivity index (χ4v) is 4.98. The zero-order valence-electron chi connectivity index (χ0n) is 14.0. The van der Waals surface area contributed by atoms with Gasteiger partial charge in [0.25, 0.3) is 0 Å². The van der Waals surface area contributed by atoms with Crippen LogP contribution < -0.4 is 0 Å². The Morgan fingerprint density at radius 1 is 0.815 bits per heavy atom. The van der Waals surface area contributed by atoms with Crippen LogP contribution in [0.4, 0.5) is 23.2 Å². The van der Waals surface area contributed by atoms with E-state index >= 15 is 0 Å².